The molecule has 0 aromatic carbocycles. The molecule has 2 nitrogen and oxygen atoms in total. The molecule has 2 heteroatoms. The molecule has 1 radical (unpaired) electrons. The molecule has 12 heavy (non-hydrogen) atoms. The van der Waals surface area contributed by atoms with Gasteiger partial charge in [-0.25, -0.2) is 0 Å². The Morgan fingerprint density at radius 1 is 1.42 bits per heavy atom. The minimum Gasteiger partial charge on any atom is -0.488 e. The van der Waals surface area contributed by atoms with Gasteiger partial charge in [0.05, 0.1) is 12.0 Å². The Hall–Kier alpha value is -1.57. The van der Waals surface area contributed by atoms with Crippen molar-refractivity contribution in [2.75, 3.05) is 0 Å². The summed E-state index contributed by atoms with van der Waals surface area (Å²) in [4.78, 5) is 4.17. The molecule has 0 saturated heterocycles. The molecule has 0 bridgehead atoms. The first-order valence-electron chi connectivity index (χ1n) is 3.77. The van der Waals surface area contributed by atoms with Gasteiger partial charge in [-0.2, -0.15) is 0 Å². The van der Waals surface area contributed by atoms with E-state index in [-0.39, 0.29) is 6.10 Å². The van der Waals surface area contributed by atoms with Crippen molar-refractivity contribution in [3.05, 3.63) is 54.6 Å². The second-order valence-corrected chi connectivity index (χ2v) is 2.45. The second-order valence-electron chi connectivity index (χ2n) is 2.45. The molecule has 0 spiro atoms. The van der Waals surface area contributed by atoms with E-state index < -0.39 is 0 Å². The van der Waals surface area contributed by atoms with Crippen molar-refractivity contribution in [3.8, 4) is 0 Å². The summed E-state index contributed by atoms with van der Waals surface area (Å²) in [5.41, 5.74) is 0.911. The smallest absolute Gasteiger partial charge is 0.159 e. The summed E-state index contributed by atoms with van der Waals surface area (Å²) in [6.45, 7) is 0. The van der Waals surface area contributed by atoms with Gasteiger partial charge >= 0.3 is 0 Å². The van der Waals surface area contributed by atoms with Gasteiger partial charge in [0.1, 0.15) is 0 Å². The molecule has 0 fully saturated rings. The molecule has 2 rings (SSSR count). The number of allylic oxidation sites excluding steroid dienone is 2. The monoisotopic (exact) mass is 158 g/mol. The topological polar surface area (TPSA) is 22.1 Å². The number of nitrogens with zero attached hydrogens (tertiary/aromatic N) is 1. The van der Waals surface area contributed by atoms with E-state index >= 15 is 0 Å². The summed E-state index contributed by atoms with van der Waals surface area (Å²) in [6, 6.07) is 5.76. The van der Waals surface area contributed by atoms with Crippen LogP contribution in [0.15, 0.2) is 42.8 Å². The lowest BCUT2D eigenvalue weighted by Crippen LogP contribution is -2.01. The first-order valence-corrected chi connectivity index (χ1v) is 3.77. The highest BCUT2D eigenvalue weighted by molar-refractivity contribution is 5.15. The first kappa shape index (κ1) is 7.10. The van der Waals surface area contributed by atoms with Crippen molar-refractivity contribution in [1.82, 2.24) is 4.98 Å². The SMILES string of the molecule is [C]1=CC(c2ccccn2)OC=C1. The molecule has 0 amide bonds. The lowest BCUT2D eigenvalue weighted by molar-refractivity contribution is 0.181. The van der Waals surface area contributed by atoms with Crippen molar-refractivity contribution in [3.63, 3.8) is 0 Å². The maximum absolute atomic E-state index is 5.30. The Kier molecular flexibility index (Phi) is 1.90. The van der Waals surface area contributed by atoms with Crippen molar-refractivity contribution in [1.29, 1.82) is 0 Å². The number of hydrogen-bond acceptors (Lipinski definition) is 2. The summed E-state index contributed by atoms with van der Waals surface area (Å²) in [7, 11) is 0. The van der Waals surface area contributed by atoms with Gasteiger partial charge in [0.15, 0.2) is 6.10 Å². The van der Waals surface area contributed by atoms with Crippen LogP contribution in [0, 0.1) is 6.08 Å². The fraction of sp³-hybridized carbons (Fsp3) is 0.100. The minimum atomic E-state index is -0.0730. The van der Waals surface area contributed by atoms with Gasteiger partial charge in [0.2, 0.25) is 0 Å². The van der Waals surface area contributed by atoms with Crippen molar-refractivity contribution in [2.45, 2.75) is 6.10 Å². The molecular weight excluding hydrogens is 150 g/mol. The summed E-state index contributed by atoms with van der Waals surface area (Å²) in [5.74, 6) is 0. The third kappa shape index (κ3) is 1.37. The Balaban J connectivity index is 2.21. The zero-order valence-electron chi connectivity index (χ0n) is 6.47. The molecule has 0 aliphatic carbocycles. The number of ether oxygens (including phenoxy) is 1. The molecule has 1 aliphatic heterocycles. The molecule has 0 saturated carbocycles. The lowest BCUT2D eigenvalue weighted by atomic mass is 10.2. The van der Waals surface area contributed by atoms with Gasteiger partial charge in [0, 0.05) is 6.20 Å². The summed E-state index contributed by atoms with van der Waals surface area (Å²) in [5, 5.41) is 0. The minimum absolute atomic E-state index is 0.0730. The zero-order valence-corrected chi connectivity index (χ0v) is 6.47. The van der Waals surface area contributed by atoms with Gasteiger partial charge in [-0.1, -0.05) is 6.07 Å². The lowest BCUT2D eigenvalue weighted by Gasteiger charge is -2.13. The highest BCUT2D eigenvalue weighted by Gasteiger charge is 2.09. The largest absolute Gasteiger partial charge is 0.488 e. The van der Waals surface area contributed by atoms with E-state index in [1.54, 1.807) is 18.5 Å². The molecule has 1 atom stereocenters. The summed E-state index contributed by atoms with van der Waals surface area (Å²) < 4.78 is 5.30. The normalized spacial score (nSPS) is 20.5. The van der Waals surface area contributed by atoms with Crippen LogP contribution in [-0.4, -0.2) is 4.98 Å². The van der Waals surface area contributed by atoms with Gasteiger partial charge in [0.25, 0.3) is 0 Å². The van der Waals surface area contributed by atoms with Crippen LogP contribution in [0.2, 0.25) is 0 Å². The standard InChI is InChI=1S/C10H8NO/c1-3-7-11-9(5-1)10-6-2-4-8-12-10/h1,3-8,10H. The van der Waals surface area contributed by atoms with Gasteiger partial charge in [-0.05, 0) is 30.4 Å². The fourth-order valence-electron chi connectivity index (χ4n) is 1.04. The highest BCUT2D eigenvalue weighted by Crippen LogP contribution is 2.18. The summed E-state index contributed by atoms with van der Waals surface area (Å²) >= 11 is 0. The Morgan fingerprint density at radius 3 is 3.08 bits per heavy atom. The Bertz CT molecular complexity index is 303. The second kappa shape index (κ2) is 3.22. The number of pyridine rings is 1. The van der Waals surface area contributed by atoms with Crippen LogP contribution in [0.4, 0.5) is 0 Å². The van der Waals surface area contributed by atoms with Crippen LogP contribution in [0.5, 0.6) is 0 Å². The predicted molar refractivity (Wildman–Crippen MR) is 45.0 cm³/mol. The van der Waals surface area contributed by atoms with Crippen LogP contribution in [0.1, 0.15) is 11.8 Å². The van der Waals surface area contributed by atoms with Crippen LogP contribution in [0.25, 0.3) is 0 Å². The molecular formula is C10H8NO. The van der Waals surface area contributed by atoms with Crippen LogP contribution in [0.3, 0.4) is 0 Å². The van der Waals surface area contributed by atoms with E-state index in [1.807, 2.05) is 24.3 Å². The average Bonchev–Trinajstić information content (AvgIpc) is 2.21. The number of aromatic nitrogens is 1. The molecule has 1 unspecified atom stereocenters. The van der Waals surface area contributed by atoms with Gasteiger partial charge in [-0.15, -0.1) is 0 Å². The quantitative estimate of drug-likeness (QED) is 0.623. The van der Waals surface area contributed by atoms with Gasteiger partial charge in [-0.3, -0.25) is 4.98 Å². The maximum Gasteiger partial charge on any atom is 0.159 e. The van der Waals surface area contributed by atoms with Crippen molar-refractivity contribution < 1.29 is 4.74 Å². The third-order valence-corrected chi connectivity index (χ3v) is 1.62. The van der Waals surface area contributed by atoms with Crippen LogP contribution in [-0.2, 0) is 4.74 Å². The first-order chi connectivity index (χ1) is 5.97. The molecule has 1 aromatic heterocycles. The van der Waals surface area contributed by atoms with Gasteiger partial charge < -0.3 is 4.74 Å². The molecule has 1 aromatic rings. The molecule has 1 aliphatic rings. The van der Waals surface area contributed by atoms with E-state index in [0.717, 1.165) is 5.69 Å². The van der Waals surface area contributed by atoms with E-state index in [2.05, 4.69) is 11.1 Å². The Morgan fingerprint density at radius 2 is 2.42 bits per heavy atom. The summed E-state index contributed by atoms with van der Waals surface area (Å²) in [6.07, 6.45) is 9.85. The number of rotatable bonds is 1. The molecule has 59 valence electrons. The Labute approximate surface area is 71.2 Å². The third-order valence-electron chi connectivity index (χ3n) is 1.62. The molecule has 2 heterocycles. The van der Waals surface area contributed by atoms with E-state index in [1.165, 1.54) is 0 Å². The van der Waals surface area contributed by atoms with Crippen LogP contribution < -0.4 is 0 Å². The highest BCUT2D eigenvalue weighted by atomic mass is 16.5. The van der Waals surface area contributed by atoms with Crippen molar-refractivity contribution >= 4 is 0 Å². The fourth-order valence-corrected chi connectivity index (χ4v) is 1.04. The predicted octanol–water partition coefficient (Wildman–Crippen LogP) is 2.03. The van der Waals surface area contributed by atoms with E-state index in [0.29, 0.717) is 0 Å². The molecule has 0 N–H and O–H groups in total. The van der Waals surface area contributed by atoms with E-state index in [9.17, 15) is 0 Å². The van der Waals surface area contributed by atoms with Crippen LogP contribution >= 0.6 is 0 Å². The average molecular weight is 158 g/mol. The van der Waals surface area contributed by atoms with Crippen molar-refractivity contribution in [2.24, 2.45) is 0 Å². The number of hydrogen-bond donors (Lipinski definition) is 0. The maximum atomic E-state index is 5.30. The van der Waals surface area contributed by atoms with E-state index in [4.69, 9.17) is 4.74 Å². The zero-order chi connectivity index (χ0) is 8.23.